The summed E-state index contributed by atoms with van der Waals surface area (Å²) >= 11 is 1.60. The molecule has 8 nitrogen and oxygen atoms in total. The van der Waals surface area contributed by atoms with E-state index in [1.807, 2.05) is 24.1 Å². The van der Waals surface area contributed by atoms with Gasteiger partial charge in [0.2, 0.25) is 12.8 Å². The summed E-state index contributed by atoms with van der Waals surface area (Å²) in [4.78, 5) is 29.2. The number of primary amides is 2. The zero-order valence-corrected chi connectivity index (χ0v) is 20.9. The molecule has 1 aliphatic carbocycles. The number of anilines is 4. The average Bonchev–Trinajstić information content (AvgIpc) is 3.64. The van der Waals surface area contributed by atoms with Crippen LogP contribution in [-0.4, -0.2) is 29.8 Å². The highest BCUT2D eigenvalue weighted by Gasteiger charge is 2.30. The van der Waals surface area contributed by atoms with Crippen molar-refractivity contribution >= 4 is 57.4 Å². The van der Waals surface area contributed by atoms with Gasteiger partial charge in [-0.2, -0.15) is 13.2 Å². The van der Waals surface area contributed by atoms with E-state index in [9.17, 15) is 17.6 Å². The smallest absolute Gasteiger partial charge is 0.372 e. The molecule has 38 heavy (non-hydrogen) atoms. The van der Waals surface area contributed by atoms with E-state index in [0.717, 1.165) is 27.5 Å². The van der Waals surface area contributed by atoms with Gasteiger partial charge in [-0.25, -0.2) is 14.4 Å². The summed E-state index contributed by atoms with van der Waals surface area (Å²) in [5, 5.41) is 3.97. The summed E-state index contributed by atoms with van der Waals surface area (Å²) in [6.07, 6.45) is -1.56. The minimum absolute atomic E-state index is 0.156. The second kappa shape index (κ2) is 12.3. The molecule has 5 N–H and O–H groups in total. The van der Waals surface area contributed by atoms with Gasteiger partial charge >= 0.3 is 6.18 Å². The third kappa shape index (κ3) is 7.16. The molecule has 5 rings (SSSR count). The van der Waals surface area contributed by atoms with E-state index in [4.69, 9.17) is 14.6 Å². The molecule has 2 aromatic heterocycles. The van der Waals surface area contributed by atoms with Gasteiger partial charge in [-0.05, 0) is 67.4 Å². The summed E-state index contributed by atoms with van der Waals surface area (Å²) in [5.74, 6) is 0.740. The molecule has 1 saturated carbocycles. The van der Waals surface area contributed by atoms with Gasteiger partial charge in [0.05, 0.1) is 16.3 Å². The van der Waals surface area contributed by atoms with Crippen LogP contribution >= 0.6 is 11.3 Å². The second-order valence-corrected chi connectivity index (χ2v) is 9.02. The van der Waals surface area contributed by atoms with Gasteiger partial charge in [0.15, 0.2) is 0 Å². The topological polar surface area (TPSA) is 127 Å². The fourth-order valence-corrected chi connectivity index (χ4v) is 4.47. The standard InChI is InChI=1S/C23H18F4N4S.2CH3NO/c1-31(20-11-10-18-22(30-20)32-21(29-18)13-2-3-13)16-8-9-17(24)19(12-16)28-15-6-4-14(5-7-15)23(25,26)27;2*2-1-3/h4-13,28H,2-3H2,1H3;2*1H,(H2,2,3). The van der Waals surface area contributed by atoms with Gasteiger partial charge in [-0.3, -0.25) is 9.59 Å². The van der Waals surface area contributed by atoms with E-state index in [0.29, 0.717) is 23.1 Å². The van der Waals surface area contributed by atoms with Crippen LogP contribution in [0, 0.1) is 5.82 Å². The lowest BCUT2D eigenvalue weighted by atomic mass is 10.2. The Morgan fingerprint density at radius 1 is 1.00 bits per heavy atom. The van der Waals surface area contributed by atoms with Crippen LogP contribution in [-0.2, 0) is 15.8 Å². The molecule has 2 amide bonds. The number of hydrogen-bond acceptors (Lipinski definition) is 7. The van der Waals surface area contributed by atoms with Crippen LogP contribution in [0.2, 0.25) is 0 Å². The molecule has 4 aromatic rings. The molecular formula is C25H24F4N6O2S. The number of thiazole rings is 1. The van der Waals surface area contributed by atoms with Crippen molar-refractivity contribution in [2.24, 2.45) is 11.5 Å². The van der Waals surface area contributed by atoms with Crippen molar-refractivity contribution < 1.29 is 27.2 Å². The molecule has 0 radical (unpaired) electrons. The number of carbonyl (C=O) groups excluding carboxylic acids is 2. The Morgan fingerprint density at radius 3 is 2.21 bits per heavy atom. The van der Waals surface area contributed by atoms with Gasteiger partial charge in [-0.1, -0.05) is 11.3 Å². The number of hydrogen-bond donors (Lipinski definition) is 3. The Bertz CT molecular complexity index is 1390. The van der Waals surface area contributed by atoms with Crippen molar-refractivity contribution in [3.8, 4) is 0 Å². The lowest BCUT2D eigenvalue weighted by molar-refractivity contribution is -0.137. The highest BCUT2D eigenvalue weighted by molar-refractivity contribution is 7.18. The Balaban J connectivity index is 0.000000611. The number of benzene rings is 2. The molecule has 2 aromatic carbocycles. The summed E-state index contributed by atoms with van der Waals surface area (Å²) < 4.78 is 52.7. The van der Waals surface area contributed by atoms with E-state index < -0.39 is 17.6 Å². The lowest BCUT2D eigenvalue weighted by Gasteiger charge is -2.20. The van der Waals surface area contributed by atoms with Crippen LogP contribution in [0.4, 0.5) is 40.4 Å². The number of aromatic nitrogens is 2. The number of nitrogens with zero attached hydrogens (tertiary/aromatic N) is 3. The summed E-state index contributed by atoms with van der Waals surface area (Å²) in [6.45, 7) is 0. The fraction of sp³-hybridized carbons (Fsp3) is 0.200. The normalized spacial score (nSPS) is 12.4. The SMILES string of the molecule is CN(c1ccc(F)c(Nc2ccc(C(F)(F)F)cc2)c1)c1ccc2nc(C3CC3)sc2n1.NC=O.NC=O. The van der Waals surface area contributed by atoms with Gasteiger partial charge in [0.1, 0.15) is 22.0 Å². The van der Waals surface area contributed by atoms with Crippen LogP contribution < -0.4 is 21.7 Å². The number of halogens is 4. The number of rotatable bonds is 5. The van der Waals surface area contributed by atoms with Gasteiger partial charge in [0, 0.05) is 24.3 Å². The Labute approximate surface area is 219 Å². The van der Waals surface area contributed by atoms with E-state index in [2.05, 4.69) is 21.8 Å². The Kier molecular flexibility index (Phi) is 9.18. The molecule has 0 unspecified atom stereocenters. The minimum atomic E-state index is -4.42. The molecule has 0 saturated heterocycles. The van der Waals surface area contributed by atoms with Crippen molar-refractivity contribution in [2.75, 3.05) is 17.3 Å². The number of fused-ring (bicyclic) bond motifs is 1. The molecule has 200 valence electrons. The van der Waals surface area contributed by atoms with E-state index in [1.54, 1.807) is 23.5 Å². The second-order valence-electron chi connectivity index (χ2n) is 8.02. The maximum Gasteiger partial charge on any atom is 0.416 e. The predicted molar refractivity (Wildman–Crippen MR) is 139 cm³/mol. The molecular weight excluding hydrogens is 524 g/mol. The van der Waals surface area contributed by atoms with Crippen LogP contribution in [0.3, 0.4) is 0 Å². The van der Waals surface area contributed by atoms with E-state index in [1.165, 1.54) is 31.0 Å². The van der Waals surface area contributed by atoms with Crippen molar-refractivity contribution in [2.45, 2.75) is 24.9 Å². The third-order valence-corrected chi connectivity index (χ3v) is 6.48. The van der Waals surface area contributed by atoms with Gasteiger partial charge in [0.25, 0.3) is 0 Å². The maximum absolute atomic E-state index is 14.4. The van der Waals surface area contributed by atoms with Crippen LogP contribution in [0.5, 0.6) is 0 Å². The van der Waals surface area contributed by atoms with Crippen LogP contribution in [0.25, 0.3) is 10.3 Å². The Morgan fingerprint density at radius 2 is 1.63 bits per heavy atom. The summed E-state index contributed by atoms with van der Waals surface area (Å²) in [7, 11) is 1.83. The summed E-state index contributed by atoms with van der Waals surface area (Å²) in [6, 6.07) is 12.8. The highest BCUT2D eigenvalue weighted by Crippen LogP contribution is 2.43. The average molecular weight is 549 g/mol. The van der Waals surface area contributed by atoms with E-state index >= 15 is 0 Å². The quantitative estimate of drug-likeness (QED) is 0.225. The largest absolute Gasteiger partial charge is 0.416 e. The third-order valence-electron chi connectivity index (χ3n) is 5.36. The number of alkyl halides is 3. The molecule has 1 fully saturated rings. The molecule has 0 aliphatic heterocycles. The first-order valence-corrected chi connectivity index (χ1v) is 12.0. The number of nitrogens with one attached hydrogen (secondary N) is 1. The number of pyridine rings is 1. The van der Waals surface area contributed by atoms with E-state index in [-0.39, 0.29) is 18.5 Å². The van der Waals surface area contributed by atoms with Crippen LogP contribution in [0.1, 0.15) is 29.3 Å². The zero-order chi connectivity index (χ0) is 27.9. The van der Waals surface area contributed by atoms with Gasteiger partial charge < -0.3 is 21.7 Å². The monoisotopic (exact) mass is 548 g/mol. The number of carbonyl (C=O) groups is 2. The number of amides is 2. The van der Waals surface area contributed by atoms with Crippen molar-refractivity contribution in [3.63, 3.8) is 0 Å². The first-order chi connectivity index (χ1) is 18.1. The predicted octanol–water partition coefficient (Wildman–Crippen LogP) is 5.44. The molecule has 0 bridgehead atoms. The highest BCUT2D eigenvalue weighted by atomic mass is 32.1. The number of nitrogens with two attached hydrogens (primary N) is 2. The van der Waals surface area contributed by atoms with Crippen LogP contribution in [0.15, 0.2) is 54.6 Å². The molecule has 2 heterocycles. The zero-order valence-electron chi connectivity index (χ0n) is 20.1. The molecule has 13 heteroatoms. The van der Waals surface area contributed by atoms with Gasteiger partial charge in [-0.15, -0.1) is 0 Å². The lowest BCUT2D eigenvalue weighted by Crippen LogP contribution is -2.11. The first-order valence-electron chi connectivity index (χ1n) is 11.2. The fourth-order valence-electron chi connectivity index (χ4n) is 3.36. The molecule has 1 aliphatic rings. The van der Waals surface area contributed by atoms with Crippen molar-refractivity contribution in [3.05, 3.63) is 71.0 Å². The maximum atomic E-state index is 14.4. The van der Waals surface area contributed by atoms with Crippen molar-refractivity contribution in [1.29, 1.82) is 0 Å². The summed E-state index contributed by atoms with van der Waals surface area (Å²) in [5.41, 5.74) is 9.64. The Hall–Kier alpha value is -4.26. The minimum Gasteiger partial charge on any atom is -0.372 e. The molecule has 0 atom stereocenters. The molecule has 0 spiro atoms. The first kappa shape index (κ1) is 28.3. The van der Waals surface area contributed by atoms with Crippen molar-refractivity contribution in [1.82, 2.24) is 9.97 Å².